The highest BCUT2D eigenvalue weighted by Crippen LogP contribution is 2.40. The number of halogens is 1. The molecular formula is C24H32ClN3O4S2. The number of rotatable bonds is 12. The van der Waals surface area contributed by atoms with Crippen molar-refractivity contribution >= 4 is 56.8 Å². The topological polar surface area (TPSA) is 64.1 Å². The Bertz CT molecular complexity index is 1020. The second-order valence-electron chi connectivity index (χ2n) is 7.62. The summed E-state index contributed by atoms with van der Waals surface area (Å²) in [4.78, 5) is 23.0. The number of hydrogen-bond donors (Lipinski definition) is 0. The summed E-state index contributed by atoms with van der Waals surface area (Å²) < 4.78 is 17.1. The molecule has 0 aliphatic rings. The molecule has 0 unspecified atom stereocenters. The van der Waals surface area contributed by atoms with Gasteiger partial charge < -0.3 is 19.1 Å². The van der Waals surface area contributed by atoms with Crippen molar-refractivity contribution in [2.24, 2.45) is 0 Å². The van der Waals surface area contributed by atoms with Crippen LogP contribution in [0.15, 0.2) is 41.3 Å². The van der Waals surface area contributed by atoms with Crippen molar-refractivity contribution in [1.29, 1.82) is 0 Å². The molecule has 0 saturated heterocycles. The maximum atomic E-state index is 13.2. The summed E-state index contributed by atoms with van der Waals surface area (Å²) in [6.07, 6.45) is 1.24. The number of nitrogens with zero attached hydrogens (tertiary/aromatic N) is 3. The highest BCUT2D eigenvalue weighted by atomic mass is 35.5. The van der Waals surface area contributed by atoms with Gasteiger partial charge in [-0.15, -0.1) is 24.2 Å². The zero-order valence-corrected chi connectivity index (χ0v) is 22.6. The van der Waals surface area contributed by atoms with E-state index < -0.39 is 0 Å². The summed E-state index contributed by atoms with van der Waals surface area (Å²) in [5.41, 5.74) is 0.717. The lowest BCUT2D eigenvalue weighted by Gasteiger charge is -2.22. The standard InChI is InChI=1S/C24H31N3O4S2.ClH/c1-26(2)14-15-27(21(28)7-6-16-32-18-10-8-17(29-3)9-11-18)24-25-22-19(30-4)12-13-20(31-5)23(22)33-24;/h8-13H,6-7,14-16H2,1-5H3;1H. The average Bonchev–Trinajstić information content (AvgIpc) is 3.26. The maximum absolute atomic E-state index is 13.2. The van der Waals surface area contributed by atoms with Crippen molar-refractivity contribution in [3.63, 3.8) is 0 Å². The smallest absolute Gasteiger partial charge is 0.228 e. The van der Waals surface area contributed by atoms with Gasteiger partial charge in [-0.3, -0.25) is 9.69 Å². The zero-order chi connectivity index (χ0) is 23.8. The van der Waals surface area contributed by atoms with Gasteiger partial charge in [0.15, 0.2) is 5.13 Å². The van der Waals surface area contributed by atoms with Crippen LogP contribution in [0.1, 0.15) is 12.8 Å². The molecule has 0 spiro atoms. The van der Waals surface area contributed by atoms with E-state index in [1.807, 2.05) is 50.5 Å². The molecular weight excluding hydrogens is 494 g/mol. The summed E-state index contributed by atoms with van der Waals surface area (Å²) in [6, 6.07) is 11.7. The number of likely N-dealkylation sites (N-methyl/N-ethyl adjacent to an activating group) is 1. The molecule has 0 aliphatic heterocycles. The third-order valence-electron chi connectivity index (χ3n) is 5.06. The van der Waals surface area contributed by atoms with Gasteiger partial charge in [-0.05, 0) is 62.7 Å². The van der Waals surface area contributed by atoms with Crippen LogP contribution in [0.3, 0.4) is 0 Å². The molecule has 0 bridgehead atoms. The van der Waals surface area contributed by atoms with Gasteiger partial charge in [0, 0.05) is 24.4 Å². The first-order valence-corrected chi connectivity index (χ1v) is 12.5. The lowest BCUT2D eigenvalue weighted by molar-refractivity contribution is -0.118. The lowest BCUT2D eigenvalue weighted by atomic mass is 10.3. The van der Waals surface area contributed by atoms with Crippen LogP contribution in [0.25, 0.3) is 10.2 Å². The van der Waals surface area contributed by atoms with E-state index in [4.69, 9.17) is 19.2 Å². The quantitative estimate of drug-likeness (QED) is 0.237. The Kier molecular flexibility index (Phi) is 11.2. The molecule has 0 atom stereocenters. The molecule has 3 aromatic rings. The van der Waals surface area contributed by atoms with E-state index in [0.717, 1.165) is 45.3 Å². The van der Waals surface area contributed by atoms with Crippen LogP contribution in [0.2, 0.25) is 0 Å². The van der Waals surface area contributed by atoms with E-state index in [9.17, 15) is 4.79 Å². The monoisotopic (exact) mass is 525 g/mol. The third kappa shape index (κ3) is 7.15. The number of thioether (sulfide) groups is 1. The molecule has 3 rings (SSSR count). The van der Waals surface area contributed by atoms with Crippen molar-refractivity contribution in [2.45, 2.75) is 17.7 Å². The Morgan fingerprint density at radius 2 is 1.65 bits per heavy atom. The number of aromatic nitrogens is 1. The van der Waals surface area contributed by atoms with Crippen LogP contribution in [-0.2, 0) is 4.79 Å². The number of hydrogen-bond acceptors (Lipinski definition) is 8. The number of anilines is 1. The van der Waals surface area contributed by atoms with Crippen LogP contribution >= 0.6 is 35.5 Å². The second-order valence-corrected chi connectivity index (χ2v) is 9.77. The fraction of sp³-hybridized carbons (Fsp3) is 0.417. The van der Waals surface area contributed by atoms with Gasteiger partial charge in [-0.25, -0.2) is 4.98 Å². The minimum Gasteiger partial charge on any atom is -0.497 e. The fourth-order valence-corrected chi connectivity index (χ4v) is 5.21. The molecule has 10 heteroatoms. The Balaban J connectivity index is 0.00000408. The lowest BCUT2D eigenvalue weighted by Crippen LogP contribution is -2.36. The van der Waals surface area contributed by atoms with Crippen LogP contribution in [0.5, 0.6) is 17.2 Å². The second kappa shape index (κ2) is 13.6. The molecule has 186 valence electrons. The van der Waals surface area contributed by atoms with Gasteiger partial charge in [0.2, 0.25) is 5.91 Å². The normalized spacial score (nSPS) is 10.8. The molecule has 1 amide bonds. The number of carbonyl (C=O) groups is 1. The van der Waals surface area contributed by atoms with Gasteiger partial charge in [-0.1, -0.05) is 11.3 Å². The first kappa shape index (κ1) is 28.0. The van der Waals surface area contributed by atoms with Gasteiger partial charge in [0.1, 0.15) is 27.5 Å². The van der Waals surface area contributed by atoms with E-state index in [-0.39, 0.29) is 18.3 Å². The predicted octanol–water partition coefficient (Wildman–Crippen LogP) is 5.21. The van der Waals surface area contributed by atoms with Crippen molar-refractivity contribution in [2.75, 3.05) is 59.2 Å². The SMILES string of the molecule is COc1ccc(SCCCC(=O)N(CCN(C)C)c2nc3c(OC)ccc(OC)c3s2)cc1.Cl. The van der Waals surface area contributed by atoms with Gasteiger partial charge >= 0.3 is 0 Å². The highest BCUT2D eigenvalue weighted by molar-refractivity contribution is 7.99. The summed E-state index contributed by atoms with van der Waals surface area (Å²) >= 11 is 3.20. The minimum absolute atomic E-state index is 0. The van der Waals surface area contributed by atoms with E-state index in [2.05, 4.69) is 4.90 Å². The Hall–Kier alpha value is -2.20. The first-order chi connectivity index (χ1) is 16.0. The van der Waals surface area contributed by atoms with Crippen molar-refractivity contribution in [3.8, 4) is 17.2 Å². The molecule has 1 aromatic heterocycles. The Labute approximate surface area is 215 Å². The van der Waals surface area contributed by atoms with E-state index in [1.54, 1.807) is 38.0 Å². The van der Waals surface area contributed by atoms with Crippen molar-refractivity contribution in [1.82, 2.24) is 9.88 Å². The summed E-state index contributed by atoms with van der Waals surface area (Å²) in [7, 11) is 8.91. The van der Waals surface area contributed by atoms with Gasteiger partial charge in [0.05, 0.1) is 21.3 Å². The number of amides is 1. The highest BCUT2D eigenvalue weighted by Gasteiger charge is 2.22. The van der Waals surface area contributed by atoms with Crippen LogP contribution in [-0.4, -0.2) is 70.1 Å². The molecule has 1 heterocycles. The molecule has 7 nitrogen and oxygen atoms in total. The predicted molar refractivity (Wildman–Crippen MR) is 144 cm³/mol. The van der Waals surface area contributed by atoms with Crippen LogP contribution in [0.4, 0.5) is 5.13 Å². The van der Waals surface area contributed by atoms with Crippen molar-refractivity contribution in [3.05, 3.63) is 36.4 Å². The molecule has 34 heavy (non-hydrogen) atoms. The minimum atomic E-state index is 0. The van der Waals surface area contributed by atoms with Crippen LogP contribution < -0.4 is 19.1 Å². The fourth-order valence-electron chi connectivity index (χ4n) is 3.24. The number of thiazole rings is 1. The van der Waals surface area contributed by atoms with Gasteiger partial charge in [0.25, 0.3) is 0 Å². The molecule has 0 N–H and O–H groups in total. The number of fused-ring (bicyclic) bond motifs is 1. The Morgan fingerprint density at radius 3 is 2.26 bits per heavy atom. The maximum Gasteiger partial charge on any atom is 0.228 e. The Morgan fingerprint density at radius 1 is 0.971 bits per heavy atom. The molecule has 0 radical (unpaired) electrons. The van der Waals surface area contributed by atoms with Crippen LogP contribution in [0, 0.1) is 0 Å². The largest absolute Gasteiger partial charge is 0.497 e. The number of carbonyl (C=O) groups excluding carboxylic acids is 1. The zero-order valence-electron chi connectivity index (χ0n) is 20.2. The molecule has 0 fully saturated rings. The van der Waals surface area contributed by atoms with E-state index in [0.29, 0.717) is 23.8 Å². The number of ether oxygens (including phenoxy) is 3. The molecule has 0 saturated carbocycles. The van der Waals surface area contributed by atoms with E-state index in [1.165, 1.54) is 11.3 Å². The van der Waals surface area contributed by atoms with Crippen molar-refractivity contribution < 1.29 is 19.0 Å². The first-order valence-electron chi connectivity index (χ1n) is 10.7. The number of methoxy groups -OCH3 is 3. The van der Waals surface area contributed by atoms with Gasteiger partial charge in [-0.2, -0.15) is 0 Å². The molecule has 2 aromatic carbocycles. The summed E-state index contributed by atoms with van der Waals surface area (Å²) in [6.45, 7) is 1.32. The average molecular weight is 526 g/mol. The summed E-state index contributed by atoms with van der Waals surface area (Å²) in [5, 5.41) is 0.669. The van der Waals surface area contributed by atoms with E-state index >= 15 is 0 Å². The third-order valence-corrected chi connectivity index (χ3v) is 7.26. The summed E-state index contributed by atoms with van der Waals surface area (Å²) in [5.74, 6) is 3.18. The molecule has 0 aliphatic carbocycles. The number of benzene rings is 2.